The van der Waals surface area contributed by atoms with Crippen molar-refractivity contribution in [1.29, 1.82) is 0 Å². The molecule has 1 aromatic heterocycles. The van der Waals surface area contributed by atoms with E-state index < -0.39 is 22.7 Å². The molecule has 2 N–H and O–H groups in total. The molecule has 0 amide bonds. The van der Waals surface area contributed by atoms with E-state index in [1.807, 2.05) is 4.90 Å². The number of halogens is 3. The van der Waals surface area contributed by atoms with Crippen molar-refractivity contribution in [1.82, 2.24) is 4.98 Å². The first kappa shape index (κ1) is 20.6. The molecule has 0 bridgehead atoms. The van der Waals surface area contributed by atoms with Gasteiger partial charge in [-0.05, 0) is 30.2 Å². The summed E-state index contributed by atoms with van der Waals surface area (Å²) in [6.07, 6.45) is -3.97. The van der Waals surface area contributed by atoms with Crippen LogP contribution in [0, 0.1) is 0 Å². The van der Waals surface area contributed by atoms with Crippen LogP contribution in [-0.4, -0.2) is 54.0 Å². The van der Waals surface area contributed by atoms with Crippen LogP contribution in [0.3, 0.4) is 0 Å². The van der Waals surface area contributed by atoms with Crippen molar-refractivity contribution in [3.63, 3.8) is 0 Å². The number of nitrogens with zero attached hydrogens (tertiary/aromatic N) is 2. The molecule has 0 radical (unpaired) electrons. The van der Waals surface area contributed by atoms with Crippen LogP contribution in [0.25, 0.3) is 10.4 Å². The molecule has 1 aromatic carbocycles. The van der Waals surface area contributed by atoms with Crippen molar-refractivity contribution < 1.29 is 26.9 Å². The number of anilines is 2. The molecule has 158 valence electrons. The van der Waals surface area contributed by atoms with Gasteiger partial charge in [0.25, 0.3) is 0 Å². The van der Waals surface area contributed by atoms with Gasteiger partial charge >= 0.3 is 6.18 Å². The Kier molecular flexibility index (Phi) is 5.83. The molecule has 0 saturated carbocycles. The van der Waals surface area contributed by atoms with E-state index in [0.29, 0.717) is 62.1 Å². The molecule has 4 rings (SSSR count). The summed E-state index contributed by atoms with van der Waals surface area (Å²) >= 11 is 0.782. The zero-order valence-corrected chi connectivity index (χ0v) is 17.0. The van der Waals surface area contributed by atoms with Crippen molar-refractivity contribution >= 4 is 33.0 Å². The monoisotopic (exact) mass is 447 g/mol. The average molecular weight is 448 g/mol. The smallest absolute Gasteiger partial charge is 0.380 e. The number of morpholine rings is 1. The van der Waals surface area contributed by atoms with Crippen LogP contribution in [0.4, 0.5) is 24.0 Å². The van der Waals surface area contributed by atoms with Gasteiger partial charge in [-0.25, -0.2) is 4.98 Å². The molecule has 11 heteroatoms. The fourth-order valence-electron chi connectivity index (χ4n) is 3.43. The minimum Gasteiger partial charge on any atom is -0.380 e. The van der Waals surface area contributed by atoms with E-state index in [-0.39, 0.29) is 15.3 Å². The maximum atomic E-state index is 13.5. The number of nitrogen functional groups attached to an aromatic ring is 1. The Hall–Kier alpha value is -1.69. The van der Waals surface area contributed by atoms with E-state index in [0.717, 1.165) is 11.3 Å². The summed E-state index contributed by atoms with van der Waals surface area (Å²) < 4.78 is 64.3. The van der Waals surface area contributed by atoms with Crippen molar-refractivity contribution in [3.05, 3.63) is 23.9 Å². The molecular weight excluding hydrogens is 427 g/mol. The van der Waals surface area contributed by atoms with Gasteiger partial charge in [-0.3, -0.25) is 4.21 Å². The summed E-state index contributed by atoms with van der Waals surface area (Å²) in [7, 11) is -1.39. The Morgan fingerprint density at radius 2 is 1.93 bits per heavy atom. The highest BCUT2D eigenvalue weighted by molar-refractivity contribution is 7.85. The minimum atomic E-state index is -4.63. The van der Waals surface area contributed by atoms with Crippen molar-refractivity contribution in [3.8, 4) is 10.4 Å². The van der Waals surface area contributed by atoms with Crippen LogP contribution in [0.5, 0.6) is 0 Å². The number of hydrogen-bond donors (Lipinski definition) is 1. The van der Waals surface area contributed by atoms with Crippen LogP contribution < -0.4 is 10.6 Å². The SMILES string of the molecule is Nc1nc(C(F)(F)F)c(-c2cc(N3CCOCC3)cc(S(=O)C3CCOC3)c2)s1. The van der Waals surface area contributed by atoms with Crippen LogP contribution in [0.15, 0.2) is 23.1 Å². The second-order valence-corrected chi connectivity index (χ2v) is 9.59. The molecule has 0 spiro atoms. The molecule has 0 aliphatic carbocycles. The van der Waals surface area contributed by atoms with Gasteiger partial charge in [0.05, 0.1) is 40.7 Å². The predicted octanol–water partition coefficient (Wildman–Crippen LogP) is 3.14. The lowest BCUT2D eigenvalue weighted by atomic mass is 10.1. The molecule has 2 saturated heterocycles. The Morgan fingerprint density at radius 1 is 1.17 bits per heavy atom. The van der Waals surface area contributed by atoms with Crippen LogP contribution in [-0.2, 0) is 26.4 Å². The number of ether oxygens (including phenoxy) is 2. The topological polar surface area (TPSA) is 77.7 Å². The normalized spacial score (nSPS) is 21.5. The van der Waals surface area contributed by atoms with Gasteiger partial charge in [0, 0.05) is 30.3 Å². The van der Waals surface area contributed by atoms with Gasteiger partial charge in [-0.1, -0.05) is 11.3 Å². The van der Waals surface area contributed by atoms with Crippen LogP contribution in [0.1, 0.15) is 12.1 Å². The maximum absolute atomic E-state index is 13.5. The lowest BCUT2D eigenvalue weighted by Crippen LogP contribution is -2.36. The number of benzene rings is 1. The van der Waals surface area contributed by atoms with E-state index in [9.17, 15) is 17.4 Å². The highest BCUT2D eigenvalue weighted by atomic mass is 32.2. The van der Waals surface area contributed by atoms with Crippen molar-refractivity contribution in [2.45, 2.75) is 22.7 Å². The minimum absolute atomic E-state index is 0.0639. The maximum Gasteiger partial charge on any atom is 0.434 e. The average Bonchev–Trinajstić information content (AvgIpc) is 3.37. The molecule has 2 unspecified atom stereocenters. The Morgan fingerprint density at radius 3 is 2.59 bits per heavy atom. The third kappa shape index (κ3) is 4.42. The Balaban J connectivity index is 1.81. The van der Waals surface area contributed by atoms with Crippen molar-refractivity contribution in [2.24, 2.45) is 0 Å². The number of hydrogen-bond acceptors (Lipinski definition) is 7. The molecule has 2 fully saturated rings. The van der Waals surface area contributed by atoms with E-state index in [4.69, 9.17) is 15.2 Å². The highest BCUT2D eigenvalue weighted by Gasteiger charge is 2.38. The predicted molar refractivity (Wildman–Crippen MR) is 106 cm³/mol. The summed E-state index contributed by atoms with van der Waals surface area (Å²) in [5.41, 5.74) is 5.62. The highest BCUT2D eigenvalue weighted by Crippen LogP contribution is 2.43. The number of alkyl halides is 3. The standard InChI is InChI=1S/C18H20F3N3O3S2/c19-18(20,21)16-15(28-17(22)23-16)11-7-12(24-2-5-26-6-3-24)9-14(8-11)29(25)13-1-4-27-10-13/h7-9,13H,1-6,10H2,(H2,22,23). The van der Waals surface area contributed by atoms with Crippen LogP contribution >= 0.6 is 11.3 Å². The quantitative estimate of drug-likeness (QED) is 0.776. The lowest BCUT2D eigenvalue weighted by Gasteiger charge is -2.29. The Labute approximate surface area is 172 Å². The molecule has 3 heterocycles. The van der Waals surface area contributed by atoms with Crippen molar-refractivity contribution in [2.75, 3.05) is 50.2 Å². The first-order valence-electron chi connectivity index (χ1n) is 9.13. The molecule has 2 aliphatic rings. The van der Waals surface area contributed by atoms with E-state index in [2.05, 4.69) is 4.98 Å². The van der Waals surface area contributed by atoms with Gasteiger partial charge in [-0.2, -0.15) is 13.2 Å². The van der Waals surface area contributed by atoms with Gasteiger partial charge in [0.2, 0.25) is 0 Å². The summed E-state index contributed by atoms with van der Waals surface area (Å²) in [5.74, 6) is 0. The van der Waals surface area contributed by atoms with E-state index in [1.165, 1.54) is 0 Å². The summed E-state index contributed by atoms with van der Waals surface area (Å²) in [5, 5.41) is -0.327. The van der Waals surface area contributed by atoms with E-state index in [1.54, 1.807) is 18.2 Å². The number of nitrogens with two attached hydrogens (primary N) is 1. The van der Waals surface area contributed by atoms with Gasteiger partial charge in [0.1, 0.15) is 0 Å². The molecular formula is C18H20F3N3O3S2. The second-order valence-electron chi connectivity index (χ2n) is 6.83. The van der Waals surface area contributed by atoms with E-state index >= 15 is 0 Å². The molecule has 2 atom stereocenters. The molecule has 2 aliphatic heterocycles. The Bertz CT molecular complexity index is 907. The number of thiazole rings is 1. The molecule has 2 aromatic rings. The number of rotatable bonds is 4. The summed E-state index contributed by atoms with van der Waals surface area (Å²) in [6, 6.07) is 5.03. The molecule has 6 nitrogen and oxygen atoms in total. The number of aromatic nitrogens is 1. The largest absolute Gasteiger partial charge is 0.434 e. The summed E-state index contributed by atoms with van der Waals surface area (Å²) in [4.78, 5) is 5.94. The molecule has 29 heavy (non-hydrogen) atoms. The van der Waals surface area contributed by atoms with Gasteiger partial charge < -0.3 is 20.1 Å². The fourth-order valence-corrected chi connectivity index (χ4v) is 5.67. The van der Waals surface area contributed by atoms with Gasteiger partial charge in [-0.15, -0.1) is 0 Å². The zero-order valence-electron chi connectivity index (χ0n) is 15.4. The first-order chi connectivity index (χ1) is 13.8. The van der Waals surface area contributed by atoms with Gasteiger partial charge in [0.15, 0.2) is 10.8 Å². The summed E-state index contributed by atoms with van der Waals surface area (Å²) in [6.45, 7) is 3.19. The zero-order chi connectivity index (χ0) is 20.6. The first-order valence-corrected chi connectivity index (χ1v) is 11.2. The lowest BCUT2D eigenvalue weighted by molar-refractivity contribution is -0.140. The second kappa shape index (κ2) is 8.21. The third-order valence-electron chi connectivity index (χ3n) is 4.86. The third-order valence-corrected chi connectivity index (χ3v) is 7.48. The van der Waals surface area contributed by atoms with Crippen LogP contribution in [0.2, 0.25) is 0 Å². The fraction of sp³-hybridized carbons (Fsp3) is 0.500.